The lowest BCUT2D eigenvalue weighted by Crippen LogP contribution is -2.44. The minimum atomic E-state index is -0.425. The van der Waals surface area contributed by atoms with Gasteiger partial charge < -0.3 is 26.0 Å². The summed E-state index contributed by atoms with van der Waals surface area (Å²) in [6.07, 6.45) is 0. The summed E-state index contributed by atoms with van der Waals surface area (Å²) in [7, 11) is 1.68. The number of nitrogens with zero attached hydrogens (tertiary/aromatic N) is 1. The topological polar surface area (TPSA) is 96.7 Å². The summed E-state index contributed by atoms with van der Waals surface area (Å²) in [5, 5.41) is 5.61. The minimum absolute atomic E-state index is 0.0589. The Labute approximate surface area is 123 Å². The number of carbonyl (C=O) groups is 2. The molecule has 0 spiro atoms. The van der Waals surface area contributed by atoms with E-state index in [2.05, 4.69) is 10.6 Å². The van der Waals surface area contributed by atoms with Crippen LogP contribution in [-0.2, 0) is 14.3 Å². The third-order valence-electron chi connectivity index (χ3n) is 3.33. The van der Waals surface area contributed by atoms with Crippen LogP contribution >= 0.6 is 0 Å². The molecule has 114 valence electrons. The van der Waals surface area contributed by atoms with Gasteiger partial charge in [0.1, 0.15) is 6.61 Å². The van der Waals surface area contributed by atoms with Crippen LogP contribution in [0.3, 0.4) is 0 Å². The Morgan fingerprint density at radius 1 is 1.43 bits per heavy atom. The number of nitrogens with one attached hydrogen (secondary N) is 2. The van der Waals surface area contributed by atoms with Crippen molar-refractivity contribution in [1.29, 1.82) is 0 Å². The van der Waals surface area contributed by atoms with Crippen molar-refractivity contribution in [2.24, 2.45) is 5.73 Å². The van der Waals surface area contributed by atoms with Crippen molar-refractivity contribution in [3.63, 3.8) is 0 Å². The number of nitrogens with two attached hydrogens (primary N) is 1. The molecule has 1 aliphatic heterocycles. The van der Waals surface area contributed by atoms with Crippen LogP contribution in [0.2, 0.25) is 0 Å². The normalized spacial score (nSPS) is 16.7. The van der Waals surface area contributed by atoms with Gasteiger partial charge in [-0.1, -0.05) is 0 Å². The molecule has 1 fully saturated rings. The first-order valence-corrected chi connectivity index (χ1v) is 6.82. The molecule has 2 rings (SSSR count). The fourth-order valence-electron chi connectivity index (χ4n) is 2.10. The Morgan fingerprint density at radius 3 is 2.71 bits per heavy atom. The second-order valence-electron chi connectivity index (χ2n) is 4.71. The third kappa shape index (κ3) is 3.78. The van der Waals surface area contributed by atoms with E-state index in [4.69, 9.17) is 10.5 Å². The first-order chi connectivity index (χ1) is 10.2. The first kappa shape index (κ1) is 15.4. The zero-order valence-electron chi connectivity index (χ0n) is 12.0. The highest BCUT2D eigenvalue weighted by Crippen LogP contribution is 2.19. The number of carbonyl (C=O) groups excluding carboxylic acids is 2. The summed E-state index contributed by atoms with van der Waals surface area (Å²) in [6.45, 7) is 1.41. The largest absolute Gasteiger partial charge is 0.370 e. The number of benzene rings is 1. The smallest absolute Gasteiger partial charge is 0.253 e. The minimum Gasteiger partial charge on any atom is -0.370 e. The summed E-state index contributed by atoms with van der Waals surface area (Å²) >= 11 is 0. The van der Waals surface area contributed by atoms with E-state index >= 15 is 0 Å². The van der Waals surface area contributed by atoms with Gasteiger partial charge in [0.25, 0.3) is 5.91 Å². The van der Waals surface area contributed by atoms with Crippen LogP contribution in [0.25, 0.3) is 0 Å². The summed E-state index contributed by atoms with van der Waals surface area (Å²) in [5.74, 6) is -0.244. The predicted octanol–water partition coefficient (Wildman–Crippen LogP) is -0.465. The zero-order chi connectivity index (χ0) is 15.2. The number of hydrogen-bond acceptors (Lipinski definition) is 5. The molecule has 0 aromatic heterocycles. The summed E-state index contributed by atoms with van der Waals surface area (Å²) in [6, 6.07) is 6.70. The lowest BCUT2D eigenvalue weighted by molar-refractivity contribution is -0.125. The van der Waals surface area contributed by atoms with Crippen molar-refractivity contribution in [2.75, 3.05) is 43.6 Å². The first-order valence-electron chi connectivity index (χ1n) is 6.82. The average Bonchev–Trinajstić information content (AvgIpc) is 2.50. The standard InChI is InChI=1S/C14H20N4O3/c1-16-12(8-15)14(20)17-10-2-4-11(5-3-10)18-6-7-21-9-13(18)19/h2-5,12,16H,6-9,15H2,1H3,(H,17,20)/t12-/m1/s1. The van der Waals surface area contributed by atoms with E-state index < -0.39 is 6.04 Å². The lowest BCUT2D eigenvalue weighted by atomic mass is 10.2. The molecule has 1 aromatic rings. The molecule has 0 aliphatic carbocycles. The molecule has 7 heteroatoms. The van der Waals surface area contributed by atoms with E-state index in [9.17, 15) is 9.59 Å². The molecule has 7 nitrogen and oxygen atoms in total. The Bertz CT molecular complexity index is 499. The van der Waals surface area contributed by atoms with Gasteiger partial charge >= 0.3 is 0 Å². The van der Waals surface area contributed by atoms with Gasteiger partial charge in [-0.3, -0.25) is 9.59 Å². The molecule has 21 heavy (non-hydrogen) atoms. The van der Waals surface area contributed by atoms with Crippen LogP contribution < -0.4 is 21.3 Å². The quantitative estimate of drug-likeness (QED) is 0.682. The van der Waals surface area contributed by atoms with Crippen molar-refractivity contribution in [2.45, 2.75) is 6.04 Å². The number of amides is 2. The van der Waals surface area contributed by atoms with E-state index in [0.29, 0.717) is 18.8 Å². The zero-order valence-corrected chi connectivity index (χ0v) is 12.0. The van der Waals surface area contributed by atoms with Crippen LogP contribution in [0.1, 0.15) is 0 Å². The molecule has 0 saturated carbocycles. The van der Waals surface area contributed by atoms with Gasteiger partial charge in [0.15, 0.2) is 0 Å². The molecule has 1 atom stereocenters. The Kier molecular flexibility index (Phi) is 5.26. The predicted molar refractivity (Wildman–Crippen MR) is 80.1 cm³/mol. The van der Waals surface area contributed by atoms with Crippen molar-refractivity contribution in [3.8, 4) is 0 Å². The second kappa shape index (κ2) is 7.16. The van der Waals surface area contributed by atoms with Crippen molar-refractivity contribution < 1.29 is 14.3 Å². The highest BCUT2D eigenvalue weighted by Gasteiger charge is 2.20. The molecule has 0 bridgehead atoms. The number of rotatable bonds is 5. The van der Waals surface area contributed by atoms with Crippen LogP contribution in [-0.4, -0.2) is 51.2 Å². The molecule has 1 saturated heterocycles. The SMILES string of the molecule is CN[C@H](CN)C(=O)Nc1ccc(N2CCOCC2=O)cc1. The number of morpholine rings is 1. The fourth-order valence-corrected chi connectivity index (χ4v) is 2.10. The highest BCUT2D eigenvalue weighted by atomic mass is 16.5. The second-order valence-corrected chi connectivity index (χ2v) is 4.71. The Morgan fingerprint density at radius 2 is 2.14 bits per heavy atom. The molecular weight excluding hydrogens is 272 g/mol. The van der Waals surface area contributed by atoms with Crippen molar-refractivity contribution >= 4 is 23.2 Å². The van der Waals surface area contributed by atoms with E-state index in [-0.39, 0.29) is 25.0 Å². The molecule has 1 heterocycles. The fraction of sp³-hybridized carbons (Fsp3) is 0.429. The number of anilines is 2. The Hall–Kier alpha value is -1.96. The van der Waals surface area contributed by atoms with Crippen LogP contribution in [0, 0.1) is 0 Å². The number of hydrogen-bond donors (Lipinski definition) is 3. The van der Waals surface area contributed by atoms with E-state index in [1.165, 1.54) is 0 Å². The van der Waals surface area contributed by atoms with Gasteiger partial charge in [-0.05, 0) is 31.3 Å². The van der Waals surface area contributed by atoms with E-state index in [0.717, 1.165) is 5.69 Å². The maximum Gasteiger partial charge on any atom is 0.253 e. The average molecular weight is 292 g/mol. The number of ether oxygens (including phenoxy) is 1. The summed E-state index contributed by atoms with van der Waals surface area (Å²) in [4.78, 5) is 25.3. The van der Waals surface area contributed by atoms with Crippen molar-refractivity contribution in [1.82, 2.24) is 5.32 Å². The monoisotopic (exact) mass is 292 g/mol. The van der Waals surface area contributed by atoms with E-state index in [1.807, 2.05) is 0 Å². The molecule has 2 amide bonds. The third-order valence-corrected chi connectivity index (χ3v) is 3.33. The van der Waals surface area contributed by atoms with Crippen molar-refractivity contribution in [3.05, 3.63) is 24.3 Å². The summed E-state index contributed by atoms with van der Waals surface area (Å²) in [5.41, 5.74) is 6.96. The molecule has 1 aliphatic rings. The van der Waals surface area contributed by atoms with Crippen LogP contribution in [0.15, 0.2) is 24.3 Å². The van der Waals surface area contributed by atoms with Gasteiger partial charge in [0.2, 0.25) is 5.91 Å². The lowest BCUT2D eigenvalue weighted by Gasteiger charge is -2.27. The van der Waals surface area contributed by atoms with Gasteiger partial charge in [-0.2, -0.15) is 0 Å². The molecule has 0 unspecified atom stereocenters. The Balaban J connectivity index is 2.01. The van der Waals surface area contributed by atoms with Crippen LogP contribution in [0.5, 0.6) is 0 Å². The van der Waals surface area contributed by atoms with Gasteiger partial charge in [-0.15, -0.1) is 0 Å². The number of likely N-dealkylation sites (N-methyl/N-ethyl adjacent to an activating group) is 1. The van der Waals surface area contributed by atoms with Crippen LogP contribution in [0.4, 0.5) is 11.4 Å². The molecular formula is C14H20N4O3. The van der Waals surface area contributed by atoms with Gasteiger partial charge in [0.05, 0.1) is 12.6 Å². The van der Waals surface area contributed by atoms with E-state index in [1.54, 1.807) is 36.2 Å². The summed E-state index contributed by atoms with van der Waals surface area (Å²) < 4.78 is 5.09. The molecule has 1 aromatic carbocycles. The van der Waals surface area contributed by atoms with Gasteiger partial charge in [0, 0.05) is 24.5 Å². The molecule has 0 radical (unpaired) electrons. The maximum atomic E-state index is 11.9. The van der Waals surface area contributed by atoms with Gasteiger partial charge in [-0.25, -0.2) is 0 Å². The highest BCUT2D eigenvalue weighted by molar-refractivity contribution is 5.97. The molecule has 4 N–H and O–H groups in total. The maximum absolute atomic E-state index is 11.9.